The second-order valence-electron chi connectivity index (χ2n) is 4.11. The average Bonchev–Trinajstić information content (AvgIpc) is 2.66. The van der Waals surface area contributed by atoms with Gasteiger partial charge in [0.25, 0.3) is 5.91 Å². The highest BCUT2D eigenvalue weighted by Gasteiger charge is 2.16. The lowest BCUT2D eigenvalue weighted by Crippen LogP contribution is -2.12. The van der Waals surface area contributed by atoms with Crippen LogP contribution in [0.1, 0.15) is 23.0 Å². The number of aryl methyl sites for hydroxylation is 2. The number of benzene rings is 1. The van der Waals surface area contributed by atoms with Gasteiger partial charge in [0.15, 0.2) is 0 Å². The first kappa shape index (κ1) is 12.9. The number of para-hydroxylation sites is 1. The SMILES string of the molecule is CCc1nn(C)c(Oc2ccccc2C(N)=O)c1N. The van der Waals surface area contributed by atoms with Crippen LogP contribution >= 0.6 is 0 Å². The molecule has 0 aliphatic rings. The number of hydrogen-bond donors (Lipinski definition) is 2. The number of rotatable bonds is 4. The van der Waals surface area contributed by atoms with E-state index in [1.54, 1.807) is 36.0 Å². The maximum absolute atomic E-state index is 11.3. The number of carbonyl (C=O) groups is 1. The van der Waals surface area contributed by atoms with E-state index in [9.17, 15) is 4.79 Å². The number of ether oxygens (including phenoxy) is 1. The molecule has 0 spiro atoms. The predicted molar refractivity (Wildman–Crippen MR) is 72.0 cm³/mol. The maximum atomic E-state index is 11.3. The van der Waals surface area contributed by atoms with E-state index >= 15 is 0 Å². The third kappa shape index (κ3) is 2.37. The summed E-state index contributed by atoms with van der Waals surface area (Å²) in [5.41, 5.74) is 12.8. The summed E-state index contributed by atoms with van der Waals surface area (Å²) in [6, 6.07) is 6.75. The quantitative estimate of drug-likeness (QED) is 0.869. The molecule has 0 radical (unpaired) electrons. The van der Waals surface area contributed by atoms with Gasteiger partial charge in [0.05, 0.1) is 11.3 Å². The fourth-order valence-corrected chi connectivity index (χ4v) is 1.82. The van der Waals surface area contributed by atoms with Crippen LogP contribution in [0.4, 0.5) is 5.69 Å². The minimum absolute atomic E-state index is 0.307. The van der Waals surface area contributed by atoms with Crippen molar-refractivity contribution in [3.05, 3.63) is 35.5 Å². The van der Waals surface area contributed by atoms with E-state index in [-0.39, 0.29) is 0 Å². The third-order valence-corrected chi connectivity index (χ3v) is 2.80. The van der Waals surface area contributed by atoms with Crippen LogP contribution in [-0.2, 0) is 13.5 Å². The van der Waals surface area contributed by atoms with E-state index in [2.05, 4.69) is 5.10 Å². The van der Waals surface area contributed by atoms with Crippen LogP contribution in [0.25, 0.3) is 0 Å². The molecule has 0 fully saturated rings. The van der Waals surface area contributed by atoms with Crippen molar-refractivity contribution in [2.75, 3.05) is 5.73 Å². The largest absolute Gasteiger partial charge is 0.436 e. The summed E-state index contributed by atoms with van der Waals surface area (Å²) >= 11 is 0. The van der Waals surface area contributed by atoms with Gasteiger partial charge >= 0.3 is 0 Å². The van der Waals surface area contributed by atoms with Gasteiger partial charge in [-0.1, -0.05) is 19.1 Å². The molecule has 0 aliphatic heterocycles. The Hall–Kier alpha value is -2.50. The van der Waals surface area contributed by atoms with Crippen molar-refractivity contribution in [1.82, 2.24) is 9.78 Å². The van der Waals surface area contributed by atoms with Crippen LogP contribution in [0.2, 0.25) is 0 Å². The van der Waals surface area contributed by atoms with Gasteiger partial charge < -0.3 is 16.2 Å². The number of nitrogens with two attached hydrogens (primary N) is 2. The summed E-state index contributed by atoms with van der Waals surface area (Å²) in [5.74, 6) is 0.227. The molecule has 1 heterocycles. The summed E-state index contributed by atoms with van der Waals surface area (Å²) in [5, 5.41) is 4.25. The first-order valence-corrected chi connectivity index (χ1v) is 5.92. The molecule has 100 valence electrons. The number of nitrogen functional groups attached to an aromatic ring is 1. The Morgan fingerprint density at radius 2 is 2.11 bits per heavy atom. The Balaban J connectivity index is 2.42. The average molecular weight is 260 g/mol. The lowest BCUT2D eigenvalue weighted by Gasteiger charge is -2.09. The molecule has 2 aromatic rings. The van der Waals surface area contributed by atoms with Gasteiger partial charge in [-0.15, -0.1) is 0 Å². The van der Waals surface area contributed by atoms with Crippen LogP contribution < -0.4 is 16.2 Å². The second-order valence-corrected chi connectivity index (χ2v) is 4.11. The van der Waals surface area contributed by atoms with Crippen LogP contribution in [0.3, 0.4) is 0 Å². The van der Waals surface area contributed by atoms with Crippen LogP contribution in [0.5, 0.6) is 11.6 Å². The summed E-state index contributed by atoms with van der Waals surface area (Å²) in [6.07, 6.45) is 0.709. The van der Waals surface area contributed by atoms with Crippen molar-refractivity contribution < 1.29 is 9.53 Å². The highest BCUT2D eigenvalue weighted by molar-refractivity contribution is 5.95. The lowest BCUT2D eigenvalue weighted by atomic mass is 10.2. The first-order valence-electron chi connectivity index (χ1n) is 5.92. The number of nitrogens with zero attached hydrogens (tertiary/aromatic N) is 2. The monoisotopic (exact) mass is 260 g/mol. The molecule has 0 aliphatic carbocycles. The summed E-state index contributed by atoms with van der Waals surface area (Å²) in [6.45, 7) is 1.96. The summed E-state index contributed by atoms with van der Waals surface area (Å²) < 4.78 is 7.24. The molecule has 0 bridgehead atoms. The Labute approximate surface area is 111 Å². The third-order valence-electron chi connectivity index (χ3n) is 2.80. The second kappa shape index (κ2) is 5.01. The van der Waals surface area contributed by atoms with Gasteiger partial charge in [-0.25, -0.2) is 4.68 Å². The molecule has 0 unspecified atom stereocenters. The number of aromatic nitrogens is 2. The van der Waals surface area contributed by atoms with Gasteiger partial charge in [-0.3, -0.25) is 4.79 Å². The highest BCUT2D eigenvalue weighted by Crippen LogP contribution is 2.31. The zero-order valence-corrected chi connectivity index (χ0v) is 10.9. The van der Waals surface area contributed by atoms with Gasteiger partial charge in [0, 0.05) is 7.05 Å². The van der Waals surface area contributed by atoms with Crippen LogP contribution in [0, 0.1) is 0 Å². The van der Waals surface area contributed by atoms with Crippen molar-refractivity contribution in [3.63, 3.8) is 0 Å². The van der Waals surface area contributed by atoms with Crippen LogP contribution in [-0.4, -0.2) is 15.7 Å². The van der Waals surface area contributed by atoms with Crippen molar-refractivity contribution in [2.45, 2.75) is 13.3 Å². The molecular weight excluding hydrogens is 244 g/mol. The van der Waals surface area contributed by atoms with Gasteiger partial charge in [0.2, 0.25) is 5.88 Å². The van der Waals surface area contributed by atoms with Gasteiger partial charge in [0.1, 0.15) is 11.4 Å². The fourth-order valence-electron chi connectivity index (χ4n) is 1.82. The standard InChI is InChI=1S/C13H16N4O2/c1-3-9-11(14)13(17(2)16-9)19-10-7-5-4-6-8(10)12(15)18/h4-7H,3,14H2,1-2H3,(H2,15,18). The predicted octanol–water partition coefficient (Wildman–Crippen LogP) is 1.46. The topological polar surface area (TPSA) is 96.2 Å². The number of hydrogen-bond acceptors (Lipinski definition) is 4. The Morgan fingerprint density at radius 3 is 2.68 bits per heavy atom. The van der Waals surface area contributed by atoms with E-state index in [4.69, 9.17) is 16.2 Å². The Morgan fingerprint density at radius 1 is 1.42 bits per heavy atom. The number of anilines is 1. The van der Waals surface area contributed by atoms with E-state index in [0.29, 0.717) is 29.3 Å². The van der Waals surface area contributed by atoms with E-state index in [1.807, 2.05) is 6.92 Å². The Bertz CT molecular complexity index is 619. The molecule has 2 rings (SSSR count). The molecule has 0 atom stereocenters. The smallest absolute Gasteiger partial charge is 0.252 e. The minimum Gasteiger partial charge on any atom is -0.436 e. The highest BCUT2D eigenvalue weighted by atomic mass is 16.5. The van der Waals surface area contributed by atoms with Crippen molar-refractivity contribution >= 4 is 11.6 Å². The normalized spacial score (nSPS) is 10.4. The molecule has 6 nitrogen and oxygen atoms in total. The Kier molecular flexibility index (Phi) is 3.41. The molecule has 1 amide bonds. The number of amides is 1. The van der Waals surface area contributed by atoms with Gasteiger partial charge in [-0.05, 0) is 18.6 Å². The number of primary amides is 1. The molecule has 19 heavy (non-hydrogen) atoms. The lowest BCUT2D eigenvalue weighted by molar-refractivity contribution is 0.0998. The van der Waals surface area contributed by atoms with Crippen molar-refractivity contribution in [3.8, 4) is 11.6 Å². The fraction of sp³-hybridized carbons (Fsp3) is 0.231. The van der Waals surface area contributed by atoms with Crippen molar-refractivity contribution in [2.24, 2.45) is 12.8 Å². The van der Waals surface area contributed by atoms with Crippen molar-refractivity contribution in [1.29, 1.82) is 0 Å². The van der Waals surface area contributed by atoms with E-state index in [0.717, 1.165) is 5.69 Å². The molecule has 0 saturated heterocycles. The van der Waals surface area contributed by atoms with E-state index < -0.39 is 5.91 Å². The molecule has 1 aromatic heterocycles. The van der Waals surface area contributed by atoms with Gasteiger partial charge in [-0.2, -0.15) is 5.10 Å². The first-order chi connectivity index (χ1) is 9.04. The van der Waals surface area contributed by atoms with Crippen LogP contribution in [0.15, 0.2) is 24.3 Å². The molecular formula is C13H16N4O2. The molecule has 6 heteroatoms. The maximum Gasteiger partial charge on any atom is 0.252 e. The van der Waals surface area contributed by atoms with E-state index in [1.165, 1.54) is 0 Å². The zero-order valence-electron chi connectivity index (χ0n) is 10.9. The molecule has 4 N–H and O–H groups in total. The number of carbonyl (C=O) groups excluding carboxylic acids is 1. The minimum atomic E-state index is -0.549. The zero-order chi connectivity index (χ0) is 14.0. The molecule has 1 aromatic carbocycles. The summed E-state index contributed by atoms with van der Waals surface area (Å²) in [4.78, 5) is 11.3. The molecule has 0 saturated carbocycles. The summed E-state index contributed by atoms with van der Waals surface area (Å²) in [7, 11) is 1.73.